The van der Waals surface area contributed by atoms with E-state index in [2.05, 4.69) is 22.1 Å². The molecular weight excluding hydrogens is 262 g/mol. The molecule has 1 heterocycles. The third-order valence-electron chi connectivity index (χ3n) is 1.89. The average molecular weight is 277 g/mol. The summed E-state index contributed by atoms with van der Waals surface area (Å²) in [5.74, 6) is 5.33. The van der Waals surface area contributed by atoms with Crippen molar-refractivity contribution in [3.8, 4) is 11.8 Å². The molecule has 0 aromatic carbocycles. The van der Waals surface area contributed by atoms with Gasteiger partial charge in [-0.1, -0.05) is 11.8 Å². The summed E-state index contributed by atoms with van der Waals surface area (Å²) in [5, 5.41) is 13.0. The van der Waals surface area contributed by atoms with E-state index in [1.54, 1.807) is 20.8 Å². The fourth-order valence-electron chi connectivity index (χ4n) is 1.17. The predicted octanol–water partition coefficient (Wildman–Crippen LogP) is 1.87. The molecule has 0 fully saturated rings. The van der Waals surface area contributed by atoms with E-state index in [9.17, 15) is 14.9 Å². The van der Waals surface area contributed by atoms with Crippen LogP contribution in [-0.2, 0) is 4.74 Å². The smallest absolute Gasteiger partial charge is 0.408 e. The molecule has 0 atom stereocenters. The zero-order chi connectivity index (χ0) is 15.2. The minimum atomic E-state index is -0.568. The van der Waals surface area contributed by atoms with Gasteiger partial charge in [0.1, 0.15) is 11.8 Å². The van der Waals surface area contributed by atoms with Gasteiger partial charge in [-0.2, -0.15) is 0 Å². The molecule has 0 aliphatic heterocycles. The van der Waals surface area contributed by atoms with Crippen LogP contribution in [0.4, 0.5) is 10.5 Å². The lowest BCUT2D eigenvalue weighted by Crippen LogP contribution is -2.32. The quantitative estimate of drug-likeness (QED) is 0.506. The number of nitrogens with one attached hydrogen (secondary N) is 1. The Labute approximate surface area is 116 Å². The first-order valence-electron chi connectivity index (χ1n) is 5.83. The molecule has 106 valence electrons. The van der Waals surface area contributed by atoms with Crippen LogP contribution < -0.4 is 5.32 Å². The second kappa shape index (κ2) is 6.52. The highest BCUT2D eigenvalue weighted by Crippen LogP contribution is 2.09. The molecule has 1 aromatic rings. The molecule has 0 aliphatic rings. The van der Waals surface area contributed by atoms with Crippen LogP contribution in [0, 0.1) is 22.0 Å². The Kier molecular flexibility index (Phi) is 5.03. The summed E-state index contributed by atoms with van der Waals surface area (Å²) in [5.41, 5.74) is -0.288. The number of alkyl carbamates (subject to hydrolysis) is 1. The first-order valence-corrected chi connectivity index (χ1v) is 5.83. The zero-order valence-electron chi connectivity index (χ0n) is 11.5. The molecule has 0 unspecified atom stereocenters. The summed E-state index contributed by atoms with van der Waals surface area (Å²) in [7, 11) is 0. The average Bonchev–Trinajstić information content (AvgIpc) is 2.33. The van der Waals surface area contributed by atoms with Crippen LogP contribution in [0.15, 0.2) is 18.5 Å². The Balaban J connectivity index is 2.53. The molecule has 0 spiro atoms. The number of hydrogen-bond acceptors (Lipinski definition) is 5. The summed E-state index contributed by atoms with van der Waals surface area (Å²) in [6.07, 6.45) is 1.99. The van der Waals surface area contributed by atoms with Gasteiger partial charge in [0.25, 0.3) is 5.69 Å². The minimum Gasteiger partial charge on any atom is -0.444 e. The monoisotopic (exact) mass is 277 g/mol. The lowest BCUT2D eigenvalue weighted by Gasteiger charge is -2.18. The third kappa shape index (κ3) is 5.82. The largest absolute Gasteiger partial charge is 0.444 e. The van der Waals surface area contributed by atoms with E-state index in [-0.39, 0.29) is 12.2 Å². The van der Waals surface area contributed by atoms with E-state index in [1.165, 1.54) is 12.3 Å². The van der Waals surface area contributed by atoms with E-state index < -0.39 is 16.6 Å². The highest BCUT2D eigenvalue weighted by molar-refractivity contribution is 5.68. The Morgan fingerprint density at radius 1 is 1.50 bits per heavy atom. The van der Waals surface area contributed by atoms with Crippen molar-refractivity contribution in [3.05, 3.63) is 34.1 Å². The van der Waals surface area contributed by atoms with Crippen LogP contribution in [0.25, 0.3) is 0 Å². The molecule has 1 rings (SSSR count). The van der Waals surface area contributed by atoms with Crippen LogP contribution in [0.1, 0.15) is 26.3 Å². The van der Waals surface area contributed by atoms with Crippen LogP contribution in [-0.4, -0.2) is 28.1 Å². The van der Waals surface area contributed by atoms with Crippen molar-refractivity contribution in [2.24, 2.45) is 0 Å². The standard InChI is InChI=1S/C13H15N3O4/c1-13(2,3)20-12(17)15-6-4-5-10-7-11(16(18)19)9-14-8-10/h7-9H,6H2,1-3H3,(H,15,17). The van der Waals surface area contributed by atoms with E-state index in [4.69, 9.17) is 4.74 Å². The van der Waals surface area contributed by atoms with Crippen LogP contribution in [0.5, 0.6) is 0 Å². The predicted molar refractivity (Wildman–Crippen MR) is 72.0 cm³/mol. The summed E-state index contributed by atoms with van der Waals surface area (Å²) >= 11 is 0. The summed E-state index contributed by atoms with van der Waals surface area (Å²) < 4.78 is 5.02. The number of ether oxygens (including phenoxy) is 1. The van der Waals surface area contributed by atoms with E-state index >= 15 is 0 Å². The van der Waals surface area contributed by atoms with Crippen LogP contribution in [0.2, 0.25) is 0 Å². The summed E-state index contributed by atoms with van der Waals surface area (Å²) in [6, 6.07) is 1.31. The Morgan fingerprint density at radius 3 is 2.80 bits per heavy atom. The molecule has 1 amide bonds. The number of carbonyl (C=O) groups excluding carboxylic acids is 1. The van der Waals surface area contributed by atoms with Gasteiger partial charge in [0, 0.05) is 17.8 Å². The van der Waals surface area contributed by atoms with Crippen LogP contribution in [0.3, 0.4) is 0 Å². The first-order chi connectivity index (χ1) is 9.28. The molecule has 1 N–H and O–H groups in total. The fraction of sp³-hybridized carbons (Fsp3) is 0.385. The molecule has 0 saturated carbocycles. The van der Waals surface area contributed by atoms with Crippen molar-refractivity contribution in [1.29, 1.82) is 0 Å². The van der Waals surface area contributed by atoms with Gasteiger partial charge in [-0.25, -0.2) is 4.79 Å². The number of rotatable bonds is 2. The maximum atomic E-state index is 11.3. The molecule has 0 radical (unpaired) electrons. The second-order valence-corrected chi connectivity index (χ2v) is 4.85. The van der Waals surface area contributed by atoms with Crippen molar-refractivity contribution in [2.75, 3.05) is 6.54 Å². The number of nitrogens with zero attached hydrogens (tertiary/aromatic N) is 2. The minimum absolute atomic E-state index is 0.0810. The number of amides is 1. The molecule has 20 heavy (non-hydrogen) atoms. The molecule has 0 aliphatic carbocycles. The van der Waals surface area contributed by atoms with E-state index in [1.807, 2.05) is 0 Å². The number of aromatic nitrogens is 1. The van der Waals surface area contributed by atoms with Gasteiger partial charge in [-0.15, -0.1) is 0 Å². The van der Waals surface area contributed by atoms with Crippen LogP contribution >= 0.6 is 0 Å². The first kappa shape index (κ1) is 15.4. The van der Waals surface area contributed by atoms with Gasteiger partial charge >= 0.3 is 6.09 Å². The molecular formula is C13H15N3O4. The Hall–Kier alpha value is -2.62. The third-order valence-corrected chi connectivity index (χ3v) is 1.89. The molecule has 7 heteroatoms. The second-order valence-electron chi connectivity index (χ2n) is 4.85. The maximum absolute atomic E-state index is 11.3. The number of pyridine rings is 1. The Morgan fingerprint density at radius 2 is 2.20 bits per heavy atom. The SMILES string of the molecule is CC(C)(C)OC(=O)NCC#Cc1cncc([N+](=O)[O-])c1. The van der Waals surface area contributed by atoms with Gasteiger partial charge in [-0.3, -0.25) is 15.1 Å². The highest BCUT2D eigenvalue weighted by Gasteiger charge is 2.15. The van der Waals surface area contributed by atoms with Gasteiger partial charge < -0.3 is 10.1 Å². The molecule has 1 aromatic heterocycles. The van der Waals surface area contributed by atoms with Crippen molar-refractivity contribution >= 4 is 11.8 Å². The maximum Gasteiger partial charge on any atom is 0.408 e. The Bertz CT molecular complexity index is 567. The van der Waals surface area contributed by atoms with Gasteiger partial charge in [0.05, 0.1) is 11.5 Å². The zero-order valence-corrected chi connectivity index (χ0v) is 11.5. The number of nitro groups is 1. The number of hydrogen-bond donors (Lipinski definition) is 1. The lowest BCUT2D eigenvalue weighted by molar-refractivity contribution is -0.385. The van der Waals surface area contributed by atoms with Crippen molar-refractivity contribution < 1.29 is 14.5 Å². The molecule has 7 nitrogen and oxygen atoms in total. The van der Waals surface area contributed by atoms with Crippen molar-refractivity contribution in [2.45, 2.75) is 26.4 Å². The van der Waals surface area contributed by atoms with E-state index in [0.29, 0.717) is 5.56 Å². The van der Waals surface area contributed by atoms with Crippen molar-refractivity contribution in [3.63, 3.8) is 0 Å². The lowest BCUT2D eigenvalue weighted by atomic mass is 10.2. The van der Waals surface area contributed by atoms with E-state index in [0.717, 1.165) is 6.20 Å². The van der Waals surface area contributed by atoms with Gasteiger partial charge in [0.15, 0.2) is 0 Å². The normalized spacial score (nSPS) is 10.2. The van der Waals surface area contributed by atoms with Gasteiger partial charge in [0.2, 0.25) is 0 Å². The van der Waals surface area contributed by atoms with Gasteiger partial charge in [-0.05, 0) is 20.8 Å². The molecule has 0 saturated heterocycles. The summed E-state index contributed by atoms with van der Waals surface area (Å²) in [4.78, 5) is 25.0. The molecule has 0 bridgehead atoms. The fourth-order valence-corrected chi connectivity index (χ4v) is 1.17. The highest BCUT2D eigenvalue weighted by atomic mass is 16.6. The topological polar surface area (TPSA) is 94.4 Å². The van der Waals surface area contributed by atoms with Crippen molar-refractivity contribution in [1.82, 2.24) is 10.3 Å². The summed E-state index contributed by atoms with van der Waals surface area (Å²) in [6.45, 7) is 5.35. The number of carbonyl (C=O) groups is 1.